The van der Waals surface area contributed by atoms with E-state index >= 15 is 0 Å². The lowest BCUT2D eigenvalue weighted by molar-refractivity contribution is -0.139. The molecule has 1 N–H and O–H groups in total. The number of furan rings is 1. The molecule has 0 fully saturated rings. The molecule has 0 aromatic carbocycles. The third-order valence-electron chi connectivity index (χ3n) is 4.03. The molecule has 1 aliphatic rings. The van der Waals surface area contributed by atoms with Gasteiger partial charge >= 0.3 is 12.1 Å². The fraction of sp³-hybridized carbons (Fsp3) is 0.600. The highest BCUT2D eigenvalue weighted by Gasteiger charge is 2.51. The number of rotatable bonds is 3. The van der Waals surface area contributed by atoms with Gasteiger partial charge < -0.3 is 14.3 Å². The Kier molecular flexibility index (Phi) is 4.32. The maximum absolute atomic E-state index is 13.4. The Hall–Kier alpha value is -1.83. The fourth-order valence-electron chi connectivity index (χ4n) is 2.87. The van der Waals surface area contributed by atoms with E-state index in [-0.39, 0.29) is 18.8 Å². The first-order chi connectivity index (χ1) is 10.5. The van der Waals surface area contributed by atoms with Crippen LogP contribution in [-0.4, -0.2) is 30.1 Å². The van der Waals surface area contributed by atoms with Crippen LogP contribution in [0.2, 0.25) is 0 Å². The van der Waals surface area contributed by atoms with E-state index in [1.54, 1.807) is 13.8 Å². The molecule has 0 aliphatic heterocycles. The number of hydrogen-bond acceptors (Lipinski definition) is 5. The van der Waals surface area contributed by atoms with Crippen LogP contribution in [0.3, 0.4) is 0 Å². The van der Waals surface area contributed by atoms with Gasteiger partial charge in [0.05, 0.1) is 24.7 Å². The second kappa shape index (κ2) is 5.67. The number of aliphatic hydroxyl groups excluding tert-OH is 1. The van der Waals surface area contributed by atoms with Crippen LogP contribution < -0.4 is 0 Å². The highest BCUT2D eigenvalue weighted by molar-refractivity contribution is 6.04. The van der Waals surface area contributed by atoms with E-state index in [0.717, 1.165) is 0 Å². The van der Waals surface area contributed by atoms with Crippen molar-refractivity contribution >= 4 is 11.8 Å². The van der Waals surface area contributed by atoms with Gasteiger partial charge in [-0.3, -0.25) is 4.79 Å². The van der Waals surface area contributed by atoms with Crippen LogP contribution in [0, 0.1) is 11.3 Å². The molecule has 1 aliphatic carbocycles. The number of carbonyl (C=O) groups is 2. The minimum Gasteiger partial charge on any atom is -0.460 e. The number of ether oxygens (including phenoxy) is 1. The summed E-state index contributed by atoms with van der Waals surface area (Å²) in [5.74, 6) is -4.33. The van der Waals surface area contributed by atoms with Gasteiger partial charge in [-0.25, -0.2) is 4.79 Å². The molecule has 2 rings (SSSR count). The molecule has 5 nitrogen and oxygen atoms in total. The van der Waals surface area contributed by atoms with Crippen molar-refractivity contribution < 1.29 is 37.0 Å². The van der Waals surface area contributed by atoms with Crippen molar-refractivity contribution in [2.75, 3.05) is 13.2 Å². The summed E-state index contributed by atoms with van der Waals surface area (Å²) in [6.45, 7) is 4.04. The number of esters is 1. The molecular formula is C15H17F3O5. The molecule has 1 aromatic rings. The smallest absolute Gasteiger partial charge is 0.421 e. The van der Waals surface area contributed by atoms with Gasteiger partial charge in [-0.05, 0) is 12.3 Å². The highest BCUT2D eigenvalue weighted by atomic mass is 19.4. The average molecular weight is 334 g/mol. The summed E-state index contributed by atoms with van der Waals surface area (Å²) in [5, 5.41) is 9.39. The number of aliphatic hydroxyl groups is 1. The SMILES string of the molecule is CCOC(=O)c1oc2c(c1C(F)(F)F)C(=O)C(CO)C(C)(C)C2. The van der Waals surface area contributed by atoms with E-state index in [2.05, 4.69) is 4.74 Å². The third-order valence-corrected chi connectivity index (χ3v) is 4.03. The van der Waals surface area contributed by atoms with Crippen LogP contribution >= 0.6 is 0 Å². The molecule has 0 bridgehead atoms. The monoisotopic (exact) mass is 334 g/mol. The lowest BCUT2D eigenvalue weighted by Gasteiger charge is -2.35. The summed E-state index contributed by atoms with van der Waals surface area (Å²) in [6, 6.07) is 0. The molecule has 8 heteroatoms. The van der Waals surface area contributed by atoms with E-state index in [1.807, 2.05) is 0 Å². The van der Waals surface area contributed by atoms with E-state index in [4.69, 9.17) is 4.42 Å². The number of hydrogen-bond donors (Lipinski definition) is 1. The summed E-state index contributed by atoms with van der Waals surface area (Å²) in [6.07, 6.45) is -4.95. The molecule has 0 saturated carbocycles. The quantitative estimate of drug-likeness (QED) is 0.860. The van der Waals surface area contributed by atoms with Crippen molar-refractivity contribution in [2.24, 2.45) is 11.3 Å². The van der Waals surface area contributed by atoms with Gasteiger partial charge in [-0.2, -0.15) is 13.2 Å². The maximum atomic E-state index is 13.4. The maximum Gasteiger partial charge on any atom is 0.421 e. The topological polar surface area (TPSA) is 76.7 Å². The van der Waals surface area contributed by atoms with Crippen LogP contribution in [0.25, 0.3) is 0 Å². The number of fused-ring (bicyclic) bond motifs is 1. The predicted molar refractivity (Wildman–Crippen MR) is 72.1 cm³/mol. The van der Waals surface area contributed by atoms with Crippen molar-refractivity contribution in [3.05, 3.63) is 22.6 Å². The Morgan fingerprint density at radius 2 is 2.04 bits per heavy atom. The summed E-state index contributed by atoms with van der Waals surface area (Å²) in [7, 11) is 0. The number of alkyl halides is 3. The van der Waals surface area contributed by atoms with Gasteiger partial charge in [0, 0.05) is 6.42 Å². The second-order valence-electron chi connectivity index (χ2n) is 6.09. The highest BCUT2D eigenvalue weighted by Crippen LogP contribution is 2.46. The number of ketones is 1. The zero-order valence-corrected chi connectivity index (χ0v) is 12.9. The van der Waals surface area contributed by atoms with Crippen LogP contribution in [0.15, 0.2) is 4.42 Å². The Morgan fingerprint density at radius 3 is 2.52 bits per heavy atom. The summed E-state index contributed by atoms with van der Waals surface area (Å²) < 4.78 is 49.8. The number of halogens is 3. The van der Waals surface area contributed by atoms with E-state index in [0.29, 0.717) is 0 Å². The summed E-state index contributed by atoms with van der Waals surface area (Å²) in [4.78, 5) is 24.2. The van der Waals surface area contributed by atoms with Crippen molar-refractivity contribution in [3.8, 4) is 0 Å². The lowest BCUT2D eigenvalue weighted by Crippen LogP contribution is -2.40. The van der Waals surface area contributed by atoms with Gasteiger partial charge in [0.1, 0.15) is 11.3 Å². The minimum atomic E-state index is -4.95. The molecule has 1 heterocycles. The number of Topliss-reactive ketones (excluding diaryl/α,β-unsaturated/α-hetero) is 1. The average Bonchev–Trinajstić information content (AvgIpc) is 2.77. The molecule has 1 unspecified atom stereocenters. The van der Waals surface area contributed by atoms with Crippen molar-refractivity contribution in [2.45, 2.75) is 33.4 Å². The molecular weight excluding hydrogens is 317 g/mol. The summed E-state index contributed by atoms with van der Waals surface area (Å²) >= 11 is 0. The lowest BCUT2D eigenvalue weighted by atomic mass is 9.67. The molecule has 0 saturated heterocycles. The second-order valence-corrected chi connectivity index (χ2v) is 6.09. The molecule has 23 heavy (non-hydrogen) atoms. The van der Waals surface area contributed by atoms with E-state index in [9.17, 15) is 27.9 Å². The van der Waals surface area contributed by atoms with Crippen LogP contribution in [0.5, 0.6) is 0 Å². The normalized spacial score (nSPS) is 20.3. The Bertz CT molecular complexity index is 642. The zero-order valence-electron chi connectivity index (χ0n) is 12.9. The van der Waals surface area contributed by atoms with Crippen molar-refractivity contribution in [3.63, 3.8) is 0 Å². The van der Waals surface area contributed by atoms with Gasteiger partial charge in [0.25, 0.3) is 0 Å². The van der Waals surface area contributed by atoms with Gasteiger partial charge in [0.2, 0.25) is 5.76 Å². The van der Waals surface area contributed by atoms with Crippen LogP contribution in [0.1, 0.15) is 53.0 Å². The molecule has 0 amide bonds. The largest absolute Gasteiger partial charge is 0.460 e. The molecule has 1 aromatic heterocycles. The first kappa shape index (κ1) is 17.5. The zero-order chi connectivity index (χ0) is 17.6. The summed E-state index contributed by atoms with van der Waals surface area (Å²) in [5.41, 5.74) is -2.87. The van der Waals surface area contributed by atoms with Gasteiger partial charge in [0.15, 0.2) is 5.78 Å². The molecule has 0 spiro atoms. The third kappa shape index (κ3) is 2.87. The van der Waals surface area contributed by atoms with E-state index < -0.39 is 52.8 Å². The molecule has 128 valence electrons. The van der Waals surface area contributed by atoms with Gasteiger partial charge in [-0.1, -0.05) is 13.8 Å². The van der Waals surface area contributed by atoms with Crippen LogP contribution in [0.4, 0.5) is 13.2 Å². The minimum absolute atomic E-state index is 0.00177. The molecule has 1 atom stereocenters. The number of carbonyl (C=O) groups excluding carboxylic acids is 2. The Balaban J connectivity index is 2.69. The van der Waals surface area contributed by atoms with Crippen molar-refractivity contribution in [1.82, 2.24) is 0 Å². The fourth-order valence-corrected chi connectivity index (χ4v) is 2.87. The molecule has 0 radical (unpaired) electrons. The van der Waals surface area contributed by atoms with Crippen LogP contribution in [-0.2, 0) is 17.3 Å². The predicted octanol–water partition coefficient (Wildman–Crippen LogP) is 2.85. The Labute approximate surface area is 130 Å². The first-order valence-electron chi connectivity index (χ1n) is 7.09. The Morgan fingerprint density at radius 1 is 1.43 bits per heavy atom. The van der Waals surface area contributed by atoms with E-state index in [1.165, 1.54) is 6.92 Å². The standard InChI is InChI=1S/C15H17F3O5/c1-4-22-13(21)12-10(15(16,17)18)9-8(23-12)5-14(2,3)7(6-19)11(9)20/h7,19H,4-6H2,1-3H3. The van der Waals surface area contributed by atoms with Crippen molar-refractivity contribution in [1.29, 1.82) is 0 Å². The first-order valence-corrected chi connectivity index (χ1v) is 7.09. The van der Waals surface area contributed by atoms with Gasteiger partial charge in [-0.15, -0.1) is 0 Å².